The van der Waals surface area contributed by atoms with Crippen LogP contribution in [0.15, 0.2) is 65.1 Å². The number of rotatable bonds is 3. The monoisotopic (exact) mass is 468 g/mol. The maximum atomic E-state index is 12.4. The van der Waals surface area contributed by atoms with Crippen molar-refractivity contribution < 1.29 is 9.21 Å². The first-order valence-corrected chi connectivity index (χ1v) is 9.62. The molecule has 27 heavy (non-hydrogen) atoms. The molecular formula is C22H17IN2O2. The number of nitrogens with one attached hydrogen (secondary N) is 1. The first-order chi connectivity index (χ1) is 13.0. The highest BCUT2D eigenvalue weighted by Crippen LogP contribution is 2.27. The molecule has 4 aromatic rings. The van der Waals surface area contributed by atoms with Crippen LogP contribution in [0.5, 0.6) is 0 Å². The number of hydrogen-bond acceptors (Lipinski definition) is 3. The zero-order valence-corrected chi connectivity index (χ0v) is 17.1. The summed E-state index contributed by atoms with van der Waals surface area (Å²) < 4.78 is 6.90. The molecule has 3 aromatic carbocycles. The number of hydrogen-bond donors (Lipinski definition) is 1. The largest absolute Gasteiger partial charge is 0.436 e. The Kier molecular flexibility index (Phi) is 4.70. The van der Waals surface area contributed by atoms with Crippen LogP contribution in [0, 0.1) is 17.4 Å². The van der Waals surface area contributed by atoms with E-state index in [1.807, 2.05) is 42.5 Å². The molecule has 0 saturated heterocycles. The molecule has 0 radical (unpaired) electrons. The summed E-state index contributed by atoms with van der Waals surface area (Å²) in [4.78, 5) is 17.0. The highest BCUT2D eigenvalue weighted by atomic mass is 127. The minimum atomic E-state index is -0.147. The number of fused-ring (bicyclic) bond motifs is 1. The number of oxazole rings is 1. The molecule has 0 unspecified atom stereocenters. The number of halogens is 1. The molecule has 0 aliphatic carbocycles. The second-order valence-corrected chi connectivity index (χ2v) is 7.71. The minimum absolute atomic E-state index is 0.147. The second kappa shape index (κ2) is 7.15. The van der Waals surface area contributed by atoms with Gasteiger partial charge in [0.2, 0.25) is 5.89 Å². The minimum Gasteiger partial charge on any atom is -0.436 e. The first-order valence-electron chi connectivity index (χ1n) is 8.55. The fourth-order valence-electron chi connectivity index (χ4n) is 2.84. The van der Waals surface area contributed by atoms with Gasteiger partial charge in [-0.3, -0.25) is 4.79 Å². The molecule has 0 spiro atoms. The van der Waals surface area contributed by atoms with E-state index in [1.165, 1.54) is 11.1 Å². The molecule has 0 aliphatic rings. The zero-order valence-electron chi connectivity index (χ0n) is 14.9. The zero-order chi connectivity index (χ0) is 19.0. The van der Waals surface area contributed by atoms with Gasteiger partial charge in [0, 0.05) is 20.4 Å². The van der Waals surface area contributed by atoms with E-state index in [1.54, 1.807) is 6.07 Å². The molecule has 1 amide bonds. The van der Waals surface area contributed by atoms with Gasteiger partial charge in [-0.1, -0.05) is 12.1 Å². The summed E-state index contributed by atoms with van der Waals surface area (Å²) in [7, 11) is 0. The summed E-state index contributed by atoms with van der Waals surface area (Å²) in [6, 6.07) is 19.1. The Balaban J connectivity index is 1.62. The van der Waals surface area contributed by atoms with Crippen molar-refractivity contribution in [1.82, 2.24) is 4.98 Å². The van der Waals surface area contributed by atoms with Crippen molar-refractivity contribution >= 4 is 45.3 Å². The third-order valence-electron chi connectivity index (χ3n) is 4.49. The summed E-state index contributed by atoms with van der Waals surface area (Å²) in [5.41, 5.74) is 6.08. The number of aromatic nitrogens is 1. The van der Waals surface area contributed by atoms with Crippen LogP contribution in [0.25, 0.3) is 22.6 Å². The van der Waals surface area contributed by atoms with Crippen LogP contribution < -0.4 is 5.32 Å². The van der Waals surface area contributed by atoms with E-state index in [9.17, 15) is 4.79 Å². The third-order valence-corrected chi connectivity index (χ3v) is 5.16. The van der Waals surface area contributed by atoms with Gasteiger partial charge in [-0.15, -0.1) is 0 Å². The van der Waals surface area contributed by atoms with Crippen LogP contribution >= 0.6 is 22.6 Å². The molecule has 1 heterocycles. The van der Waals surface area contributed by atoms with E-state index < -0.39 is 0 Å². The van der Waals surface area contributed by atoms with Gasteiger partial charge in [-0.2, -0.15) is 0 Å². The molecule has 4 nitrogen and oxygen atoms in total. The highest BCUT2D eigenvalue weighted by molar-refractivity contribution is 14.1. The molecule has 0 saturated carbocycles. The summed E-state index contributed by atoms with van der Waals surface area (Å²) in [5.74, 6) is 0.430. The van der Waals surface area contributed by atoms with Gasteiger partial charge in [-0.25, -0.2) is 4.98 Å². The number of nitrogens with zero attached hydrogens (tertiary/aromatic N) is 1. The maximum absolute atomic E-state index is 12.4. The number of amides is 1. The van der Waals surface area contributed by atoms with E-state index in [2.05, 4.69) is 58.9 Å². The lowest BCUT2D eigenvalue weighted by Crippen LogP contribution is -2.11. The Morgan fingerprint density at radius 3 is 2.63 bits per heavy atom. The van der Waals surface area contributed by atoms with Crippen molar-refractivity contribution in [2.45, 2.75) is 13.8 Å². The number of aryl methyl sites for hydroxylation is 2. The van der Waals surface area contributed by atoms with E-state index in [4.69, 9.17) is 4.42 Å². The van der Waals surface area contributed by atoms with E-state index in [0.717, 1.165) is 9.13 Å². The number of benzene rings is 3. The predicted molar refractivity (Wildman–Crippen MR) is 116 cm³/mol. The quantitative estimate of drug-likeness (QED) is 0.377. The summed E-state index contributed by atoms with van der Waals surface area (Å²) in [6.45, 7) is 4.15. The fourth-order valence-corrected chi connectivity index (χ4v) is 3.38. The van der Waals surface area contributed by atoms with Crippen molar-refractivity contribution in [3.63, 3.8) is 0 Å². The van der Waals surface area contributed by atoms with Crippen LogP contribution in [-0.4, -0.2) is 10.9 Å². The van der Waals surface area contributed by atoms with Crippen molar-refractivity contribution in [2.75, 3.05) is 5.32 Å². The van der Waals surface area contributed by atoms with E-state index >= 15 is 0 Å². The predicted octanol–water partition coefficient (Wildman–Crippen LogP) is 5.97. The Bertz CT molecular complexity index is 1160. The molecule has 5 heteroatoms. The molecule has 0 aliphatic heterocycles. The van der Waals surface area contributed by atoms with Gasteiger partial charge in [0.05, 0.1) is 0 Å². The molecule has 0 atom stereocenters. The fraction of sp³-hybridized carbons (Fsp3) is 0.0909. The van der Waals surface area contributed by atoms with Crippen LogP contribution in [0.2, 0.25) is 0 Å². The average molecular weight is 468 g/mol. The molecule has 1 aromatic heterocycles. The van der Waals surface area contributed by atoms with Crippen LogP contribution in [0.3, 0.4) is 0 Å². The summed E-state index contributed by atoms with van der Waals surface area (Å²) in [6.07, 6.45) is 0. The van der Waals surface area contributed by atoms with Gasteiger partial charge in [0.15, 0.2) is 5.58 Å². The Hall–Kier alpha value is -2.67. The molecule has 0 fully saturated rings. The molecule has 134 valence electrons. The SMILES string of the molecule is Cc1ccc(-c2nc3cc(NC(=O)c4cccc(I)c4)ccc3o2)cc1C. The van der Waals surface area contributed by atoms with Crippen molar-refractivity contribution in [1.29, 1.82) is 0 Å². The van der Waals surface area contributed by atoms with Gasteiger partial charge in [0.1, 0.15) is 5.52 Å². The van der Waals surface area contributed by atoms with Crippen molar-refractivity contribution in [3.05, 3.63) is 80.9 Å². The normalized spacial score (nSPS) is 10.9. The molecule has 4 rings (SSSR count). The van der Waals surface area contributed by atoms with Gasteiger partial charge in [0.25, 0.3) is 5.91 Å². The summed E-state index contributed by atoms with van der Waals surface area (Å²) >= 11 is 2.19. The first kappa shape index (κ1) is 17.7. The Morgan fingerprint density at radius 2 is 1.85 bits per heavy atom. The molecular weight excluding hydrogens is 451 g/mol. The number of anilines is 1. The van der Waals surface area contributed by atoms with Crippen molar-refractivity contribution in [3.8, 4) is 11.5 Å². The third kappa shape index (κ3) is 3.73. The lowest BCUT2D eigenvalue weighted by Gasteiger charge is -2.05. The smallest absolute Gasteiger partial charge is 0.255 e. The van der Waals surface area contributed by atoms with Crippen LogP contribution in [-0.2, 0) is 0 Å². The lowest BCUT2D eigenvalue weighted by molar-refractivity contribution is 0.102. The molecule has 1 N–H and O–H groups in total. The van der Waals surface area contributed by atoms with Gasteiger partial charge in [-0.05, 0) is 96.1 Å². The number of carbonyl (C=O) groups excluding carboxylic acids is 1. The second-order valence-electron chi connectivity index (χ2n) is 6.47. The van der Waals surface area contributed by atoms with E-state index in [-0.39, 0.29) is 5.91 Å². The standard InChI is InChI=1S/C22H17IN2O2/c1-13-6-7-16(10-14(13)2)22-25-19-12-18(8-9-20(19)27-22)24-21(26)15-4-3-5-17(23)11-15/h3-12H,1-2H3,(H,24,26). The summed E-state index contributed by atoms with van der Waals surface area (Å²) in [5, 5.41) is 2.92. The van der Waals surface area contributed by atoms with Crippen molar-refractivity contribution in [2.24, 2.45) is 0 Å². The average Bonchev–Trinajstić information content (AvgIpc) is 3.07. The Morgan fingerprint density at radius 1 is 1.00 bits per heavy atom. The van der Waals surface area contributed by atoms with Crippen LogP contribution in [0.4, 0.5) is 5.69 Å². The van der Waals surface area contributed by atoms with Gasteiger partial charge < -0.3 is 9.73 Å². The van der Waals surface area contributed by atoms with Gasteiger partial charge >= 0.3 is 0 Å². The topological polar surface area (TPSA) is 55.1 Å². The van der Waals surface area contributed by atoms with E-state index in [0.29, 0.717) is 28.2 Å². The highest BCUT2D eigenvalue weighted by Gasteiger charge is 2.11. The number of carbonyl (C=O) groups is 1. The lowest BCUT2D eigenvalue weighted by atomic mass is 10.1. The molecule has 0 bridgehead atoms. The van der Waals surface area contributed by atoms with Crippen LogP contribution in [0.1, 0.15) is 21.5 Å². The Labute approximate surface area is 170 Å². The maximum Gasteiger partial charge on any atom is 0.255 e.